The minimum absolute atomic E-state index is 0.00332. The summed E-state index contributed by atoms with van der Waals surface area (Å²) in [5, 5.41) is 9.88. The highest BCUT2D eigenvalue weighted by atomic mass is 79.9. The van der Waals surface area contributed by atoms with Crippen molar-refractivity contribution in [1.82, 2.24) is 4.90 Å². The van der Waals surface area contributed by atoms with Gasteiger partial charge in [-0.2, -0.15) is 0 Å². The molecule has 1 aliphatic heterocycles. The predicted molar refractivity (Wildman–Crippen MR) is 233 cm³/mol. The maximum Gasteiger partial charge on any atom is 0.407 e. The highest BCUT2D eigenvalue weighted by Gasteiger charge is 2.45. The number of anilines is 1. The summed E-state index contributed by atoms with van der Waals surface area (Å²) < 4.78 is 31.5. The quantitative estimate of drug-likeness (QED) is 0.0833. The van der Waals surface area contributed by atoms with Gasteiger partial charge in [0, 0.05) is 41.4 Å². The summed E-state index contributed by atoms with van der Waals surface area (Å²) in [7, 11) is -0.460. The van der Waals surface area contributed by atoms with E-state index in [1.807, 2.05) is 73.3 Å². The van der Waals surface area contributed by atoms with Gasteiger partial charge in [0.15, 0.2) is 8.32 Å². The molecule has 1 aliphatic rings. The number of hydrogen-bond acceptors (Lipinski definition) is 7. The molecule has 4 rings (SSSR count). The number of para-hydroxylation sites is 1. The number of benzene rings is 3. The van der Waals surface area contributed by atoms with E-state index >= 15 is 0 Å². The molecule has 2 unspecified atom stereocenters. The van der Waals surface area contributed by atoms with E-state index in [1.165, 1.54) is 4.90 Å². The Labute approximate surface area is 350 Å². The van der Waals surface area contributed by atoms with Crippen LogP contribution in [0, 0.1) is 5.92 Å². The highest BCUT2D eigenvalue weighted by molar-refractivity contribution is 9.10. The third kappa shape index (κ3) is 12.3. The van der Waals surface area contributed by atoms with Gasteiger partial charge in [-0.15, -0.1) is 0 Å². The lowest BCUT2D eigenvalue weighted by atomic mass is 9.87. The molecule has 3 aromatic carbocycles. The van der Waals surface area contributed by atoms with Crippen LogP contribution in [0.1, 0.15) is 90.8 Å². The fraction of sp³-hybridized carbons (Fsp3) is 0.556. The Morgan fingerprint density at radius 3 is 2.21 bits per heavy atom. The molecule has 3 aromatic rings. The first-order valence-electron chi connectivity index (χ1n) is 20.4. The minimum Gasteiger partial charge on any atom is -0.496 e. The fourth-order valence-corrected chi connectivity index (χ4v) is 14.2. The zero-order valence-corrected chi connectivity index (χ0v) is 38.0. The molecule has 2 atom stereocenters. The van der Waals surface area contributed by atoms with Crippen LogP contribution >= 0.6 is 15.9 Å². The molecule has 2 amide bonds. The van der Waals surface area contributed by atoms with Crippen LogP contribution < -0.4 is 14.4 Å². The van der Waals surface area contributed by atoms with Gasteiger partial charge in [-0.25, -0.2) is 4.79 Å². The van der Waals surface area contributed by atoms with Gasteiger partial charge < -0.3 is 38.3 Å². The van der Waals surface area contributed by atoms with Gasteiger partial charge in [-0.3, -0.25) is 4.79 Å². The summed E-state index contributed by atoms with van der Waals surface area (Å²) in [6, 6.07) is 21.8. The van der Waals surface area contributed by atoms with E-state index < -0.39 is 14.4 Å². The smallest absolute Gasteiger partial charge is 0.407 e. The molecule has 1 saturated heterocycles. The van der Waals surface area contributed by atoms with Crippen molar-refractivity contribution in [3.63, 3.8) is 0 Å². The average molecular weight is 870 g/mol. The molecular formula is C45H65BrN2O8Si. The molecular weight excluding hydrogens is 804 g/mol. The lowest BCUT2D eigenvalue weighted by Crippen LogP contribution is -2.49. The van der Waals surface area contributed by atoms with Crippen LogP contribution in [0.3, 0.4) is 0 Å². The zero-order valence-electron chi connectivity index (χ0n) is 35.5. The highest BCUT2D eigenvalue weighted by Crippen LogP contribution is 2.42. The molecule has 0 spiro atoms. The Kier molecular flexibility index (Phi) is 17.9. The van der Waals surface area contributed by atoms with Gasteiger partial charge in [-0.05, 0) is 80.4 Å². The summed E-state index contributed by atoms with van der Waals surface area (Å²) in [4.78, 5) is 29.0. The van der Waals surface area contributed by atoms with Gasteiger partial charge >= 0.3 is 6.09 Å². The average Bonchev–Trinajstić information content (AvgIpc) is 3.18. The molecule has 0 bridgehead atoms. The molecule has 314 valence electrons. The van der Waals surface area contributed by atoms with Crippen molar-refractivity contribution in [2.45, 2.75) is 110 Å². The first kappa shape index (κ1) is 46.3. The Hall–Kier alpha value is -3.42. The fourth-order valence-electron chi connectivity index (χ4n) is 8.34. The Morgan fingerprint density at radius 1 is 0.895 bits per heavy atom. The molecule has 0 saturated carbocycles. The maximum atomic E-state index is 13.7. The zero-order chi connectivity index (χ0) is 41.7. The van der Waals surface area contributed by atoms with Gasteiger partial charge in [-0.1, -0.05) is 91.8 Å². The molecule has 57 heavy (non-hydrogen) atoms. The number of hydrogen-bond donors (Lipinski definition) is 1. The van der Waals surface area contributed by atoms with Crippen molar-refractivity contribution in [3.05, 3.63) is 87.9 Å². The molecule has 1 fully saturated rings. The van der Waals surface area contributed by atoms with Crippen molar-refractivity contribution < 1.29 is 38.1 Å². The van der Waals surface area contributed by atoms with Crippen molar-refractivity contribution in [3.8, 4) is 11.5 Å². The maximum absolute atomic E-state index is 13.7. The van der Waals surface area contributed by atoms with E-state index in [0.717, 1.165) is 44.8 Å². The number of amides is 2. The van der Waals surface area contributed by atoms with Crippen molar-refractivity contribution in [2.24, 2.45) is 5.92 Å². The molecule has 12 heteroatoms. The number of carbonyl (C=O) groups excluding carboxylic acids is 1. The SMILES string of the molecule is COc1ccccc1COCCCOc1ccc(C2CCN(C(=O)O)CC2OCc2ccc(Br)c(N(CCO[Si](C(C)C)(C(C)C)C(C)C)C(=O)C(C)C)c2)cc1. The largest absolute Gasteiger partial charge is 0.496 e. The van der Waals surface area contributed by atoms with Gasteiger partial charge in [0.2, 0.25) is 5.91 Å². The molecule has 0 aliphatic carbocycles. The molecule has 1 N–H and O–H groups in total. The normalized spacial score (nSPS) is 16.1. The van der Waals surface area contributed by atoms with Crippen LogP contribution in [-0.2, 0) is 31.9 Å². The molecule has 10 nitrogen and oxygen atoms in total. The van der Waals surface area contributed by atoms with Crippen molar-refractivity contribution in [1.29, 1.82) is 0 Å². The summed E-state index contributed by atoms with van der Waals surface area (Å²) >= 11 is 3.73. The minimum atomic E-state index is -2.12. The van der Waals surface area contributed by atoms with E-state index in [4.69, 9.17) is 23.4 Å². The van der Waals surface area contributed by atoms with E-state index in [-0.39, 0.29) is 37.0 Å². The number of methoxy groups -OCH3 is 1. The number of rotatable bonds is 21. The standard InChI is InChI=1S/C45H65BrN2O8Si/c1-31(2)44(49)48(23-26-56-57(32(3)4,33(5)6)34(7)8)41-27-35(15-20-40(41)46)29-55-43-28-47(45(50)51)22-21-39(43)36-16-18-38(19-17-36)54-25-12-24-53-30-37-13-10-11-14-42(37)52-9/h10-11,13-20,27,31-34,39,43H,12,21-26,28-30H2,1-9H3,(H,50,51). The summed E-state index contributed by atoms with van der Waals surface area (Å²) in [5.74, 6) is 1.40. The van der Waals surface area contributed by atoms with Crippen molar-refractivity contribution >= 4 is 41.9 Å². The van der Waals surface area contributed by atoms with Crippen LogP contribution in [0.4, 0.5) is 10.5 Å². The lowest BCUT2D eigenvalue weighted by molar-refractivity contribution is -0.121. The number of carbonyl (C=O) groups is 2. The van der Waals surface area contributed by atoms with E-state index in [2.05, 4.69) is 69.6 Å². The second-order valence-electron chi connectivity index (χ2n) is 16.2. The molecule has 0 aromatic heterocycles. The third-order valence-corrected chi connectivity index (χ3v) is 18.0. The van der Waals surface area contributed by atoms with Crippen molar-refractivity contribution in [2.75, 3.05) is 51.5 Å². The molecule has 1 heterocycles. The Morgan fingerprint density at radius 2 is 1.58 bits per heavy atom. The number of halogens is 1. The van der Waals surface area contributed by atoms with Gasteiger partial charge in [0.05, 0.1) is 58.5 Å². The Bertz CT molecular complexity index is 1700. The third-order valence-electron chi connectivity index (χ3n) is 11.2. The second-order valence-corrected chi connectivity index (χ2v) is 22.5. The van der Waals surface area contributed by atoms with Crippen LogP contribution in [-0.4, -0.2) is 83.0 Å². The van der Waals surface area contributed by atoms with E-state index in [9.17, 15) is 14.7 Å². The number of nitrogens with zero attached hydrogens (tertiary/aromatic N) is 2. The Balaban J connectivity index is 1.41. The topological polar surface area (TPSA) is 107 Å². The number of carboxylic acid groups (broad SMARTS) is 1. The molecule has 0 radical (unpaired) electrons. The predicted octanol–water partition coefficient (Wildman–Crippen LogP) is 10.7. The number of piperidine rings is 1. The van der Waals surface area contributed by atoms with Gasteiger partial charge in [0.25, 0.3) is 0 Å². The summed E-state index contributed by atoms with van der Waals surface area (Å²) in [5.41, 5.74) is 5.09. The van der Waals surface area contributed by atoms with E-state index in [0.29, 0.717) is 62.6 Å². The summed E-state index contributed by atoms with van der Waals surface area (Å²) in [6.07, 6.45) is 0.0633. The van der Waals surface area contributed by atoms with Crippen LogP contribution in [0.5, 0.6) is 11.5 Å². The van der Waals surface area contributed by atoms with Crippen LogP contribution in [0.2, 0.25) is 16.6 Å². The lowest BCUT2D eigenvalue weighted by Gasteiger charge is -2.42. The van der Waals surface area contributed by atoms with Crippen LogP contribution in [0.15, 0.2) is 71.2 Å². The summed E-state index contributed by atoms with van der Waals surface area (Å²) in [6.45, 7) is 20.9. The second kappa shape index (κ2) is 22.1. The first-order chi connectivity index (χ1) is 27.2. The monoisotopic (exact) mass is 868 g/mol. The van der Waals surface area contributed by atoms with Crippen LogP contribution in [0.25, 0.3) is 0 Å². The number of likely N-dealkylation sites (tertiary alicyclic amines) is 1. The van der Waals surface area contributed by atoms with Gasteiger partial charge in [0.1, 0.15) is 11.5 Å². The first-order valence-corrected chi connectivity index (χ1v) is 23.4. The van der Waals surface area contributed by atoms with E-state index in [1.54, 1.807) is 7.11 Å². The number of ether oxygens (including phenoxy) is 4.